The third kappa shape index (κ3) is 5.75. The minimum Gasteiger partial charge on any atom is -0.493 e. The molecule has 0 heterocycles. The zero-order valence-electron chi connectivity index (χ0n) is 14.4. The molecule has 0 unspecified atom stereocenters. The van der Waals surface area contributed by atoms with Gasteiger partial charge in [0, 0.05) is 22.7 Å². The number of nitrogens with zero attached hydrogens (tertiary/aromatic N) is 1. The Balaban J connectivity index is 2.13. The van der Waals surface area contributed by atoms with E-state index in [4.69, 9.17) is 33.3 Å². The van der Waals surface area contributed by atoms with Gasteiger partial charge in [0.05, 0.1) is 13.3 Å². The number of hydrazone groups is 1. The summed E-state index contributed by atoms with van der Waals surface area (Å²) < 4.78 is 11.4. The lowest BCUT2D eigenvalue weighted by Crippen LogP contribution is -2.31. The van der Waals surface area contributed by atoms with Crippen molar-refractivity contribution < 1.29 is 9.47 Å². The van der Waals surface area contributed by atoms with Crippen LogP contribution in [-0.2, 0) is 6.61 Å². The Morgan fingerprint density at radius 2 is 2.08 bits per heavy atom. The number of methoxy groups -OCH3 is 1. The molecular formula is C19H20ClN3O2S. The molecule has 0 spiro atoms. The number of ether oxygens (including phenoxy) is 2. The van der Waals surface area contributed by atoms with E-state index in [2.05, 4.69) is 22.4 Å². The molecule has 0 fully saturated rings. The molecule has 5 nitrogen and oxygen atoms in total. The van der Waals surface area contributed by atoms with Crippen LogP contribution in [0.25, 0.3) is 0 Å². The summed E-state index contributed by atoms with van der Waals surface area (Å²) in [5.41, 5.74) is 4.37. The highest BCUT2D eigenvalue weighted by atomic mass is 35.5. The van der Waals surface area contributed by atoms with E-state index in [9.17, 15) is 0 Å². The van der Waals surface area contributed by atoms with Crippen molar-refractivity contribution in [2.75, 3.05) is 13.7 Å². The first-order chi connectivity index (χ1) is 12.7. The summed E-state index contributed by atoms with van der Waals surface area (Å²) in [6.07, 6.45) is 3.33. The van der Waals surface area contributed by atoms with Crippen molar-refractivity contribution >= 4 is 35.1 Å². The van der Waals surface area contributed by atoms with Gasteiger partial charge in [-0.3, -0.25) is 5.43 Å². The maximum atomic E-state index is 6.19. The van der Waals surface area contributed by atoms with Gasteiger partial charge in [-0.15, -0.1) is 6.58 Å². The molecule has 0 radical (unpaired) electrons. The van der Waals surface area contributed by atoms with Crippen molar-refractivity contribution in [3.05, 3.63) is 71.3 Å². The van der Waals surface area contributed by atoms with Crippen molar-refractivity contribution in [3.8, 4) is 11.5 Å². The number of para-hydroxylation sites is 1. The maximum absolute atomic E-state index is 6.19. The van der Waals surface area contributed by atoms with Gasteiger partial charge in [-0.2, -0.15) is 5.10 Å². The molecule has 0 atom stereocenters. The predicted octanol–water partition coefficient (Wildman–Crippen LogP) is 3.91. The normalized spacial score (nSPS) is 10.4. The molecule has 2 rings (SSSR count). The molecule has 2 aromatic rings. The Morgan fingerprint density at radius 1 is 1.27 bits per heavy atom. The first kappa shape index (κ1) is 19.8. The van der Waals surface area contributed by atoms with Crippen molar-refractivity contribution in [1.82, 2.24) is 10.7 Å². The van der Waals surface area contributed by atoms with Crippen molar-refractivity contribution in [2.45, 2.75) is 6.61 Å². The van der Waals surface area contributed by atoms with Gasteiger partial charge >= 0.3 is 0 Å². The smallest absolute Gasteiger partial charge is 0.187 e. The largest absolute Gasteiger partial charge is 0.493 e. The van der Waals surface area contributed by atoms with E-state index < -0.39 is 0 Å². The van der Waals surface area contributed by atoms with Crippen LogP contribution in [0.3, 0.4) is 0 Å². The number of thiocarbonyl (C=S) groups is 1. The molecule has 0 aliphatic heterocycles. The molecule has 0 bridgehead atoms. The molecule has 0 aromatic heterocycles. The van der Waals surface area contributed by atoms with Gasteiger partial charge in [0.1, 0.15) is 6.61 Å². The summed E-state index contributed by atoms with van der Waals surface area (Å²) in [7, 11) is 1.59. The van der Waals surface area contributed by atoms with E-state index in [0.717, 1.165) is 11.1 Å². The molecule has 2 N–H and O–H groups in total. The van der Waals surface area contributed by atoms with Crippen LogP contribution in [0.5, 0.6) is 11.5 Å². The Bertz CT molecular complexity index is 796. The highest BCUT2D eigenvalue weighted by molar-refractivity contribution is 7.80. The molecule has 0 aliphatic carbocycles. The van der Waals surface area contributed by atoms with E-state index in [1.54, 1.807) is 19.4 Å². The van der Waals surface area contributed by atoms with E-state index in [1.807, 2.05) is 42.5 Å². The fourth-order valence-corrected chi connectivity index (χ4v) is 2.41. The lowest BCUT2D eigenvalue weighted by Gasteiger charge is -2.14. The van der Waals surface area contributed by atoms with Gasteiger partial charge in [-0.05, 0) is 30.4 Å². The Morgan fingerprint density at radius 3 is 2.81 bits per heavy atom. The molecule has 7 heteroatoms. The van der Waals surface area contributed by atoms with Crippen LogP contribution in [0, 0.1) is 0 Å². The van der Waals surface area contributed by atoms with Crippen LogP contribution in [0.1, 0.15) is 11.1 Å². The SMILES string of the molecule is C=CCNC(=S)N/N=C/c1cccc(OC)c1OCc1ccccc1Cl. The number of rotatable bonds is 8. The number of nitrogens with one attached hydrogen (secondary N) is 2. The monoisotopic (exact) mass is 389 g/mol. The third-order valence-corrected chi connectivity index (χ3v) is 3.94. The fraction of sp³-hybridized carbons (Fsp3) is 0.158. The second-order valence-corrected chi connectivity index (χ2v) is 5.94. The van der Waals surface area contributed by atoms with Gasteiger partial charge < -0.3 is 14.8 Å². The molecule has 26 heavy (non-hydrogen) atoms. The molecule has 2 aromatic carbocycles. The standard InChI is InChI=1S/C19H20ClN3O2S/c1-3-11-21-19(26)23-22-12-14-8-6-10-17(24-2)18(14)25-13-15-7-4-5-9-16(15)20/h3-10,12H,1,11,13H2,2H3,(H2,21,23,26)/b22-12+. The Hall–Kier alpha value is -2.57. The van der Waals surface area contributed by atoms with Gasteiger partial charge in [-0.25, -0.2) is 0 Å². The zero-order valence-corrected chi connectivity index (χ0v) is 15.9. The van der Waals surface area contributed by atoms with Crippen LogP contribution in [-0.4, -0.2) is 25.0 Å². The summed E-state index contributed by atoms with van der Waals surface area (Å²) in [4.78, 5) is 0. The van der Waals surface area contributed by atoms with E-state index in [0.29, 0.717) is 34.8 Å². The van der Waals surface area contributed by atoms with Crippen molar-refractivity contribution in [3.63, 3.8) is 0 Å². The van der Waals surface area contributed by atoms with Crippen LogP contribution in [0.15, 0.2) is 60.2 Å². The average molecular weight is 390 g/mol. The summed E-state index contributed by atoms with van der Waals surface area (Å²) in [5.74, 6) is 1.18. The molecular weight excluding hydrogens is 370 g/mol. The van der Waals surface area contributed by atoms with E-state index in [-0.39, 0.29) is 0 Å². The summed E-state index contributed by atoms with van der Waals surface area (Å²) in [6.45, 7) is 4.49. The minimum atomic E-state index is 0.313. The van der Waals surface area contributed by atoms with Gasteiger partial charge in [0.2, 0.25) is 0 Å². The van der Waals surface area contributed by atoms with Crippen LogP contribution < -0.4 is 20.2 Å². The van der Waals surface area contributed by atoms with Crippen LogP contribution in [0.2, 0.25) is 5.02 Å². The van der Waals surface area contributed by atoms with Gasteiger partial charge in [0.25, 0.3) is 0 Å². The molecule has 0 amide bonds. The van der Waals surface area contributed by atoms with Gasteiger partial charge in [-0.1, -0.05) is 41.9 Å². The number of halogens is 1. The van der Waals surface area contributed by atoms with Crippen molar-refractivity contribution in [2.24, 2.45) is 5.10 Å². The minimum absolute atomic E-state index is 0.313. The van der Waals surface area contributed by atoms with Crippen LogP contribution in [0.4, 0.5) is 0 Å². The second kappa shape index (κ2) is 10.4. The molecule has 0 saturated heterocycles. The topological polar surface area (TPSA) is 54.9 Å². The quantitative estimate of drug-likeness (QED) is 0.310. The highest BCUT2D eigenvalue weighted by Crippen LogP contribution is 2.31. The van der Waals surface area contributed by atoms with Crippen molar-refractivity contribution in [1.29, 1.82) is 0 Å². The summed E-state index contributed by atoms with van der Waals surface area (Å²) in [5, 5.41) is 8.11. The lowest BCUT2D eigenvalue weighted by atomic mass is 10.2. The van der Waals surface area contributed by atoms with E-state index >= 15 is 0 Å². The lowest BCUT2D eigenvalue weighted by molar-refractivity contribution is 0.284. The third-order valence-electron chi connectivity index (χ3n) is 3.34. The maximum Gasteiger partial charge on any atom is 0.187 e. The average Bonchev–Trinajstić information content (AvgIpc) is 2.66. The number of benzene rings is 2. The highest BCUT2D eigenvalue weighted by Gasteiger charge is 2.10. The summed E-state index contributed by atoms with van der Waals surface area (Å²) >= 11 is 11.3. The number of hydrogen-bond donors (Lipinski definition) is 2. The number of hydrogen-bond acceptors (Lipinski definition) is 4. The zero-order chi connectivity index (χ0) is 18.8. The van der Waals surface area contributed by atoms with E-state index in [1.165, 1.54) is 0 Å². The first-order valence-electron chi connectivity index (χ1n) is 7.86. The Kier molecular flexibility index (Phi) is 7.92. The molecule has 0 aliphatic rings. The van der Waals surface area contributed by atoms with Gasteiger partial charge in [0.15, 0.2) is 16.6 Å². The summed E-state index contributed by atoms with van der Waals surface area (Å²) in [6, 6.07) is 13.1. The van der Waals surface area contributed by atoms with Crippen LogP contribution >= 0.6 is 23.8 Å². The second-order valence-electron chi connectivity index (χ2n) is 5.13. The molecule has 0 saturated carbocycles. The first-order valence-corrected chi connectivity index (χ1v) is 8.65. The molecule has 136 valence electrons. The predicted molar refractivity (Wildman–Crippen MR) is 110 cm³/mol. The Labute approximate surface area is 163 Å². The fourth-order valence-electron chi connectivity index (χ4n) is 2.08.